The maximum atomic E-state index is 14.7. The number of rotatable bonds is 12. The topological polar surface area (TPSA) is 124 Å². The number of hydrogen-bond acceptors (Lipinski definition) is 7. The van der Waals surface area contributed by atoms with Crippen LogP contribution >= 0.6 is 0 Å². The highest BCUT2D eigenvalue weighted by Crippen LogP contribution is 2.44. The average Bonchev–Trinajstić information content (AvgIpc) is 3.80. The molecule has 1 unspecified atom stereocenters. The number of nitrogens with zero attached hydrogens (tertiary/aromatic N) is 1. The first-order valence-electron chi connectivity index (χ1n) is 14.1. The number of aryl methyl sites for hydroxylation is 1. The summed E-state index contributed by atoms with van der Waals surface area (Å²) in [5.41, 5.74) is 0.619. The Kier molecular flexibility index (Phi) is 9.36. The summed E-state index contributed by atoms with van der Waals surface area (Å²) in [6.45, 7) is 4.24. The van der Waals surface area contributed by atoms with Crippen molar-refractivity contribution in [1.29, 1.82) is 0 Å². The zero-order chi connectivity index (χ0) is 32.4. The lowest BCUT2D eigenvalue weighted by atomic mass is 9.85. The fraction of sp³-hybridized carbons (Fsp3) is 0.406. The van der Waals surface area contributed by atoms with Crippen LogP contribution in [0.3, 0.4) is 0 Å². The van der Waals surface area contributed by atoms with Gasteiger partial charge in [-0.2, -0.15) is 13.2 Å². The summed E-state index contributed by atoms with van der Waals surface area (Å²) >= 11 is 0. The number of aliphatic hydroxyl groups is 1. The van der Waals surface area contributed by atoms with Gasteiger partial charge >= 0.3 is 6.18 Å². The lowest BCUT2D eigenvalue weighted by molar-refractivity contribution is -0.270. The van der Waals surface area contributed by atoms with Crippen molar-refractivity contribution in [2.24, 2.45) is 5.73 Å². The number of pyridine rings is 1. The predicted octanol–water partition coefficient (Wildman–Crippen LogP) is 5.47. The Hall–Kier alpha value is -4.03. The largest absolute Gasteiger partial charge is 0.493 e. The van der Waals surface area contributed by atoms with Gasteiger partial charge in [0.2, 0.25) is 11.5 Å². The molecule has 4 rings (SSSR count). The number of nitrogens with one attached hydrogen (secondary N) is 1. The summed E-state index contributed by atoms with van der Waals surface area (Å²) in [6.07, 6.45) is -5.13. The molecule has 1 amide bonds. The second kappa shape index (κ2) is 12.5. The van der Waals surface area contributed by atoms with E-state index in [1.165, 1.54) is 50.4 Å². The Labute approximate surface area is 252 Å². The maximum Gasteiger partial charge on any atom is 0.422 e. The Balaban J connectivity index is 1.74. The molecular weight excluding hydrogens is 582 g/mol. The van der Waals surface area contributed by atoms with Gasteiger partial charge in [0, 0.05) is 17.5 Å². The standard InChI is InChI=1S/C32H35F4N3O5/c1-18-13-19(5-9-23(18)33)24-15-21(30(2,3)39-29(41)17-37)16-28(38-24)31(42,32(34,35)36)12-11-25(40)20-6-10-26(27(14-20)43-4)44-22-7-8-22/h5-6,9-10,13-16,22,42H,7-8,11-12,17,37H2,1-4H3,(H,39,41). The van der Waals surface area contributed by atoms with E-state index in [4.69, 9.17) is 15.2 Å². The summed E-state index contributed by atoms with van der Waals surface area (Å²) < 4.78 is 69.2. The molecule has 44 heavy (non-hydrogen) atoms. The second-order valence-corrected chi connectivity index (χ2v) is 11.4. The van der Waals surface area contributed by atoms with Crippen LogP contribution < -0.4 is 20.5 Å². The molecule has 1 fully saturated rings. The predicted molar refractivity (Wildman–Crippen MR) is 155 cm³/mol. The van der Waals surface area contributed by atoms with Gasteiger partial charge in [0.1, 0.15) is 5.82 Å². The third-order valence-corrected chi connectivity index (χ3v) is 7.55. The van der Waals surface area contributed by atoms with E-state index < -0.39 is 53.4 Å². The average molecular weight is 618 g/mol. The van der Waals surface area contributed by atoms with Crippen molar-refractivity contribution in [3.8, 4) is 22.8 Å². The molecule has 1 atom stereocenters. The Morgan fingerprint density at radius 2 is 1.77 bits per heavy atom. The van der Waals surface area contributed by atoms with E-state index in [1.807, 2.05) is 0 Å². The number of carbonyl (C=O) groups excluding carboxylic acids is 2. The van der Waals surface area contributed by atoms with E-state index in [1.54, 1.807) is 13.8 Å². The number of aromatic nitrogens is 1. The molecule has 0 spiro atoms. The molecule has 1 aliphatic rings. The van der Waals surface area contributed by atoms with Crippen LogP contribution in [0.1, 0.15) is 66.7 Å². The van der Waals surface area contributed by atoms with E-state index in [0.29, 0.717) is 5.75 Å². The van der Waals surface area contributed by atoms with Crippen molar-refractivity contribution in [1.82, 2.24) is 10.3 Å². The van der Waals surface area contributed by atoms with Crippen molar-refractivity contribution < 1.29 is 41.7 Å². The summed E-state index contributed by atoms with van der Waals surface area (Å²) in [5, 5.41) is 14.0. The number of ketones is 1. The van der Waals surface area contributed by atoms with Crippen LogP contribution in [0.2, 0.25) is 0 Å². The van der Waals surface area contributed by atoms with E-state index in [9.17, 15) is 32.3 Å². The van der Waals surface area contributed by atoms with Crippen LogP contribution in [0.4, 0.5) is 17.6 Å². The molecule has 3 aromatic rings. The Morgan fingerprint density at radius 1 is 1.07 bits per heavy atom. The number of Topliss-reactive ketones (excluding diaryl/α,β-unsaturated/α-hetero) is 1. The van der Waals surface area contributed by atoms with E-state index in [2.05, 4.69) is 10.3 Å². The molecule has 8 nitrogen and oxygen atoms in total. The molecule has 0 saturated heterocycles. The first-order chi connectivity index (χ1) is 20.6. The summed E-state index contributed by atoms with van der Waals surface area (Å²) in [5.74, 6) is -1.05. The monoisotopic (exact) mass is 617 g/mol. The molecule has 4 N–H and O–H groups in total. The third kappa shape index (κ3) is 7.19. The van der Waals surface area contributed by atoms with Gasteiger partial charge in [-0.1, -0.05) is 0 Å². The highest BCUT2D eigenvalue weighted by Gasteiger charge is 2.56. The molecule has 1 aliphatic carbocycles. The van der Waals surface area contributed by atoms with E-state index in [0.717, 1.165) is 25.0 Å². The smallest absolute Gasteiger partial charge is 0.422 e. The van der Waals surface area contributed by atoms with Crippen LogP contribution in [0.15, 0.2) is 48.5 Å². The third-order valence-electron chi connectivity index (χ3n) is 7.55. The van der Waals surface area contributed by atoms with Crippen LogP contribution in [0.25, 0.3) is 11.3 Å². The van der Waals surface area contributed by atoms with Crippen molar-refractivity contribution in [2.75, 3.05) is 13.7 Å². The van der Waals surface area contributed by atoms with Gasteiger partial charge in [0.15, 0.2) is 17.3 Å². The zero-order valence-electron chi connectivity index (χ0n) is 24.8. The van der Waals surface area contributed by atoms with E-state index in [-0.39, 0.29) is 46.3 Å². The molecular formula is C32H35F4N3O5. The minimum Gasteiger partial charge on any atom is -0.493 e. The number of methoxy groups -OCH3 is 1. The number of hydrogen-bond donors (Lipinski definition) is 3. The van der Waals surface area contributed by atoms with Gasteiger partial charge in [0.05, 0.1) is 36.7 Å². The molecule has 1 aromatic heterocycles. The maximum absolute atomic E-state index is 14.7. The second-order valence-electron chi connectivity index (χ2n) is 11.4. The molecule has 0 bridgehead atoms. The molecule has 236 valence electrons. The van der Waals surface area contributed by atoms with Gasteiger partial charge in [-0.15, -0.1) is 0 Å². The Morgan fingerprint density at radius 3 is 2.36 bits per heavy atom. The number of halogens is 4. The van der Waals surface area contributed by atoms with Gasteiger partial charge in [-0.25, -0.2) is 9.37 Å². The molecule has 0 radical (unpaired) electrons. The van der Waals surface area contributed by atoms with Crippen LogP contribution in [-0.4, -0.2) is 47.7 Å². The van der Waals surface area contributed by atoms with Gasteiger partial charge in [-0.3, -0.25) is 9.59 Å². The Bertz CT molecular complexity index is 1560. The summed E-state index contributed by atoms with van der Waals surface area (Å²) in [4.78, 5) is 29.4. The molecule has 2 aromatic carbocycles. The van der Waals surface area contributed by atoms with E-state index >= 15 is 0 Å². The molecule has 0 aliphatic heterocycles. The first-order valence-corrected chi connectivity index (χ1v) is 14.1. The van der Waals surface area contributed by atoms with Crippen molar-refractivity contribution in [2.45, 2.75) is 69.9 Å². The summed E-state index contributed by atoms with van der Waals surface area (Å²) in [7, 11) is 1.39. The quantitative estimate of drug-likeness (QED) is 0.182. The number of ether oxygens (including phenoxy) is 2. The van der Waals surface area contributed by atoms with Crippen molar-refractivity contribution in [3.05, 3.63) is 76.7 Å². The van der Waals surface area contributed by atoms with Gasteiger partial charge < -0.3 is 25.6 Å². The highest BCUT2D eigenvalue weighted by molar-refractivity contribution is 5.96. The SMILES string of the molecule is COc1cc(C(=O)CCC(O)(c2cc(C(C)(C)NC(=O)CN)cc(-c3ccc(F)c(C)c3)n2)C(F)(F)F)ccc1OC1CC1. The molecule has 12 heteroatoms. The number of amides is 1. The number of carbonyl (C=O) groups is 2. The van der Waals surface area contributed by atoms with Crippen LogP contribution in [0.5, 0.6) is 11.5 Å². The van der Waals surface area contributed by atoms with Crippen LogP contribution in [0, 0.1) is 12.7 Å². The van der Waals surface area contributed by atoms with Crippen molar-refractivity contribution in [3.63, 3.8) is 0 Å². The molecule has 1 saturated carbocycles. The lowest BCUT2D eigenvalue weighted by Gasteiger charge is -2.33. The highest BCUT2D eigenvalue weighted by atomic mass is 19.4. The number of alkyl halides is 3. The fourth-order valence-corrected chi connectivity index (χ4v) is 4.68. The minimum absolute atomic E-state index is 0.000613. The molecule has 1 heterocycles. The van der Waals surface area contributed by atoms with Crippen LogP contribution in [-0.2, 0) is 15.9 Å². The van der Waals surface area contributed by atoms with Gasteiger partial charge in [-0.05, 0) is 99.7 Å². The first kappa shape index (κ1) is 32.9. The number of nitrogens with two attached hydrogens (primary N) is 1. The number of benzene rings is 2. The fourth-order valence-electron chi connectivity index (χ4n) is 4.68. The summed E-state index contributed by atoms with van der Waals surface area (Å²) in [6, 6.07) is 10.8. The zero-order valence-corrected chi connectivity index (χ0v) is 24.8. The van der Waals surface area contributed by atoms with Crippen molar-refractivity contribution >= 4 is 11.7 Å². The normalized spacial score (nSPS) is 15.0. The minimum atomic E-state index is -5.25. The van der Waals surface area contributed by atoms with Gasteiger partial charge in [0.25, 0.3) is 0 Å². The lowest BCUT2D eigenvalue weighted by Crippen LogP contribution is -2.46.